The summed E-state index contributed by atoms with van der Waals surface area (Å²) in [5.74, 6) is 0.851. The maximum Gasteiger partial charge on any atom is 0.119 e. The van der Waals surface area contributed by atoms with Crippen molar-refractivity contribution >= 4 is 11.6 Å². The first kappa shape index (κ1) is 12.9. The largest absolute Gasteiger partial charge is 0.492 e. The third-order valence-corrected chi connectivity index (χ3v) is 2.87. The molecule has 0 heterocycles. The van der Waals surface area contributed by atoms with E-state index in [0.717, 1.165) is 17.2 Å². The molecule has 0 aliphatic carbocycles. The van der Waals surface area contributed by atoms with E-state index in [4.69, 9.17) is 22.1 Å². The Bertz CT molecular complexity index is 470. The zero-order chi connectivity index (χ0) is 12.8. The predicted molar refractivity (Wildman–Crippen MR) is 75.1 cm³/mol. The van der Waals surface area contributed by atoms with Crippen molar-refractivity contribution in [1.82, 2.24) is 0 Å². The predicted octanol–water partition coefficient (Wildman–Crippen LogP) is 3.29. The molecule has 18 heavy (non-hydrogen) atoms. The van der Waals surface area contributed by atoms with E-state index in [1.54, 1.807) is 0 Å². The van der Waals surface area contributed by atoms with E-state index in [2.05, 4.69) is 0 Å². The van der Waals surface area contributed by atoms with Crippen LogP contribution in [0.4, 0.5) is 0 Å². The second kappa shape index (κ2) is 6.43. The quantitative estimate of drug-likeness (QED) is 0.896. The first-order valence-corrected chi connectivity index (χ1v) is 6.30. The van der Waals surface area contributed by atoms with Gasteiger partial charge in [-0.2, -0.15) is 0 Å². The molecule has 1 atom stereocenters. The number of para-hydroxylation sites is 1. The lowest BCUT2D eigenvalue weighted by molar-refractivity contribution is 0.287. The second-order valence-corrected chi connectivity index (χ2v) is 4.65. The highest BCUT2D eigenvalue weighted by atomic mass is 35.5. The van der Waals surface area contributed by atoms with Crippen LogP contribution in [0.2, 0.25) is 5.02 Å². The van der Waals surface area contributed by atoms with Crippen molar-refractivity contribution in [2.45, 2.75) is 12.5 Å². The van der Waals surface area contributed by atoms with Gasteiger partial charge in [0, 0.05) is 11.1 Å². The molecule has 0 spiro atoms. The Morgan fingerprint density at radius 2 is 1.67 bits per heavy atom. The SMILES string of the molecule is NC(COc1ccccc1)Cc1ccc(Cl)cc1. The highest BCUT2D eigenvalue weighted by Crippen LogP contribution is 2.12. The van der Waals surface area contributed by atoms with Crippen LogP contribution >= 0.6 is 11.6 Å². The summed E-state index contributed by atoms with van der Waals surface area (Å²) in [6.45, 7) is 0.507. The van der Waals surface area contributed by atoms with Gasteiger partial charge in [-0.05, 0) is 36.2 Å². The summed E-state index contributed by atoms with van der Waals surface area (Å²) in [6, 6.07) is 17.4. The van der Waals surface area contributed by atoms with Crippen molar-refractivity contribution in [3.63, 3.8) is 0 Å². The number of ether oxygens (including phenoxy) is 1. The molecule has 1 unspecified atom stereocenters. The first-order valence-electron chi connectivity index (χ1n) is 5.92. The highest BCUT2D eigenvalue weighted by molar-refractivity contribution is 6.30. The van der Waals surface area contributed by atoms with Gasteiger partial charge in [-0.1, -0.05) is 41.9 Å². The average Bonchev–Trinajstić information content (AvgIpc) is 2.40. The van der Waals surface area contributed by atoms with Crippen LogP contribution in [0.1, 0.15) is 5.56 Å². The molecule has 0 bridgehead atoms. The molecular formula is C15H16ClNO. The molecule has 2 aromatic carbocycles. The summed E-state index contributed by atoms with van der Waals surface area (Å²) in [6.07, 6.45) is 0.782. The van der Waals surface area contributed by atoms with Crippen LogP contribution in [0.5, 0.6) is 5.75 Å². The molecule has 0 aromatic heterocycles. The molecule has 3 heteroatoms. The van der Waals surface area contributed by atoms with Gasteiger partial charge in [0.15, 0.2) is 0 Å². The lowest BCUT2D eigenvalue weighted by Gasteiger charge is -2.13. The maximum absolute atomic E-state index is 6.03. The number of nitrogens with two attached hydrogens (primary N) is 1. The molecule has 0 saturated carbocycles. The number of benzene rings is 2. The summed E-state index contributed by atoms with van der Waals surface area (Å²) in [4.78, 5) is 0. The summed E-state index contributed by atoms with van der Waals surface area (Å²) >= 11 is 5.83. The minimum atomic E-state index is -0.0219. The van der Waals surface area contributed by atoms with Crippen LogP contribution in [0.15, 0.2) is 54.6 Å². The monoisotopic (exact) mass is 261 g/mol. The molecule has 94 valence electrons. The first-order chi connectivity index (χ1) is 8.74. The van der Waals surface area contributed by atoms with E-state index in [-0.39, 0.29) is 6.04 Å². The molecule has 2 nitrogen and oxygen atoms in total. The Labute approximate surface area is 112 Å². The normalized spacial score (nSPS) is 12.1. The van der Waals surface area contributed by atoms with Crippen LogP contribution in [0.25, 0.3) is 0 Å². The standard InChI is InChI=1S/C15H16ClNO/c16-13-8-6-12(7-9-13)10-14(17)11-18-15-4-2-1-3-5-15/h1-9,14H,10-11,17H2. The highest BCUT2D eigenvalue weighted by Gasteiger charge is 2.05. The maximum atomic E-state index is 6.03. The molecule has 2 N–H and O–H groups in total. The Balaban J connectivity index is 1.82. The van der Waals surface area contributed by atoms with Crippen molar-refractivity contribution < 1.29 is 4.74 Å². The molecule has 2 aromatic rings. The smallest absolute Gasteiger partial charge is 0.119 e. The van der Waals surface area contributed by atoms with Crippen molar-refractivity contribution in [3.8, 4) is 5.75 Å². The van der Waals surface area contributed by atoms with Gasteiger partial charge in [-0.25, -0.2) is 0 Å². The number of rotatable bonds is 5. The van der Waals surface area contributed by atoms with Crippen LogP contribution < -0.4 is 10.5 Å². The fourth-order valence-corrected chi connectivity index (χ4v) is 1.83. The lowest BCUT2D eigenvalue weighted by atomic mass is 10.1. The molecular weight excluding hydrogens is 246 g/mol. The van der Waals surface area contributed by atoms with Crippen LogP contribution in [0.3, 0.4) is 0 Å². The Hall–Kier alpha value is -1.51. The fourth-order valence-electron chi connectivity index (χ4n) is 1.70. The molecule has 0 saturated heterocycles. The number of hydrogen-bond acceptors (Lipinski definition) is 2. The topological polar surface area (TPSA) is 35.2 Å². The average molecular weight is 262 g/mol. The van der Waals surface area contributed by atoms with Crippen LogP contribution in [-0.2, 0) is 6.42 Å². The molecule has 0 amide bonds. The number of hydrogen-bond donors (Lipinski definition) is 1. The Kier molecular flexibility index (Phi) is 4.62. The van der Waals surface area contributed by atoms with Gasteiger partial charge in [0.1, 0.15) is 12.4 Å². The third kappa shape index (κ3) is 4.06. The molecule has 2 rings (SSSR count). The van der Waals surface area contributed by atoms with Gasteiger partial charge in [-0.15, -0.1) is 0 Å². The van der Waals surface area contributed by atoms with E-state index < -0.39 is 0 Å². The van der Waals surface area contributed by atoms with Gasteiger partial charge in [0.25, 0.3) is 0 Å². The zero-order valence-corrected chi connectivity index (χ0v) is 10.8. The second-order valence-electron chi connectivity index (χ2n) is 4.21. The van der Waals surface area contributed by atoms with Crippen molar-refractivity contribution in [2.75, 3.05) is 6.61 Å². The van der Waals surface area contributed by atoms with E-state index in [1.165, 1.54) is 5.56 Å². The summed E-state index contributed by atoms with van der Waals surface area (Å²) in [5.41, 5.74) is 7.20. The van der Waals surface area contributed by atoms with E-state index >= 15 is 0 Å². The minimum Gasteiger partial charge on any atom is -0.492 e. The fraction of sp³-hybridized carbons (Fsp3) is 0.200. The van der Waals surface area contributed by atoms with Gasteiger partial charge in [0.2, 0.25) is 0 Å². The molecule has 0 radical (unpaired) electrons. The van der Waals surface area contributed by atoms with Crippen LogP contribution in [0, 0.1) is 0 Å². The molecule has 0 fully saturated rings. The Morgan fingerprint density at radius 3 is 2.33 bits per heavy atom. The summed E-state index contributed by atoms with van der Waals surface area (Å²) in [7, 11) is 0. The lowest BCUT2D eigenvalue weighted by Crippen LogP contribution is -2.30. The van der Waals surface area contributed by atoms with Gasteiger partial charge in [-0.3, -0.25) is 0 Å². The van der Waals surface area contributed by atoms with E-state index in [0.29, 0.717) is 6.61 Å². The van der Waals surface area contributed by atoms with E-state index in [1.807, 2.05) is 54.6 Å². The summed E-state index contributed by atoms with van der Waals surface area (Å²) in [5, 5.41) is 0.743. The van der Waals surface area contributed by atoms with Gasteiger partial charge < -0.3 is 10.5 Å². The van der Waals surface area contributed by atoms with E-state index in [9.17, 15) is 0 Å². The van der Waals surface area contributed by atoms with Crippen molar-refractivity contribution in [3.05, 3.63) is 65.2 Å². The van der Waals surface area contributed by atoms with Crippen molar-refractivity contribution in [2.24, 2.45) is 5.73 Å². The third-order valence-electron chi connectivity index (χ3n) is 2.62. The molecule has 0 aliphatic rings. The zero-order valence-electron chi connectivity index (χ0n) is 10.1. The summed E-state index contributed by atoms with van der Waals surface area (Å²) < 4.78 is 5.61. The molecule has 0 aliphatic heterocycles. The van der Waals surface area contributed by atoms with Gasteiger partial charge >= 0.3 is 0 Å². The van der Waals surface area contributed by atoms with Crippen LogP contribution in [-0.4, -0.2) is 12.6 Å². The number of halogens is 1. The van der Waals surface area contributed by atoms with Gasteiger partial charge in [0.05, 0.1) is 0 Å². The Morgan fingerprint density at radius 1 is 1.00 bits per heavy atom. The van der Waals surface area contributed by atoms with Crippen molar-refractivity contribution in [1.29, 1.82) is 0 Å². The minimum absolute atomic E-state index is 0.0219.